The molecule has 6 nitrogen and oxygen atoms in total. The molecule has 1 aliphatic heterocycles. The van der Waals surface area contributed by atoms with E-state index in [4.69, 9.17) is 21.5 Å². The van der Waals surface area contributed by atoms with Gasteiger partial charge in [-0.15, -0.1) is 0 Å². The molecule has 0 amide bonds. The Morgan fingerprint density at radius 2 is 2.19 bits per heavy atom. The van der Waals surface area contributed by atoms with Crippen LogP contribution in [0.15, 0.2) is 47.8 Å². The molecule has 1 aliphatic rings. The number of amidine groups is 1. The molecule has 1 unspecified atom stereocenters. The van der Waals surface area contributed by atoms with Crippen molar-refractivity contribution in [3.05, 3.63) is 64.4 Å². The van der Waals surface area contributed by atoms with Crippen molar-refractivity contribution < 1.29 is 14.7 Å². The van der Waals surface area contributed by atoms with E-state index in [2.05, 4.69) is 15.5 Å². The summed E-state index contributed by atoms with van der Waals surface area (Å²) >= 11 is 6.01. The van der Waals surface area contributed by atoms with E-state index in [-0.39, 0.29) is 5.56 Å². The summed E-state index contributed by atoms with van der Waals surface area (Å²) in [4.78, 5) is 20.2. The van der Waals surface area contributed by atoms with Gasteiger partial charge in [0.2, 0.25) is 6.23 Å². The number of oxime groups is 1. The first kappa shape index (κ1) is 13.4. The third kappa shape index (κ3) is 2.66. The molecule has 0 aliphatic carbocycles. The van der Waals surface area contributed by atoms with Crippen molar-refractivity contribution >= 4 is 23.4 Å². The van der Waals surface area contributed by atoms with Crippen molar-refractivity contribution in [2.75, 3.05) is 0 Å². The molecule has 106 valence electrons. The van der Waals surface area contributed by atoms with E-state index in [1.54, 1.807) is 30.5 Å². The number of halogens is 1. The van der Waals surface area contributed by atoms with Crippen molar-refractivity contribution in [2.24, 2.45) is 5.16 Å². The highest BCUT2D eigenvalue weighted by Crippen LogP contribution is 2.25. The summed E-state index contributed by atoms with van der Waals surface area (Å²) in [7, 11) is 0. The molecule has 1 aromatic carbocycles. The number of benzene rings is 1. The average Bonchev–Trinajstić information content (AvgIpc) is 2.97. The van der Waals surface area contributed by atoms with Crippen molar-refractivity contribution in [3.63, 3.8) is 0 Å². The molecule has 7 heteroatoms. The molecule has 0 saturated heterocycles. The fourth-order valence-electron chi connectivity index (χ4n) is 1.95. The largest absolute Gasteiger partial charge is 0.478 e. The SMILES string of the molecule is O=C(O)c1cccc(C2=NOC(c3cccnc3Cl)N2)c1. The van der Waals surface area contributed by atoms with Crippen LogP contribution >= 0.6 is 11.6 Å². The zero-order chi connectivity index (χ0) is 14.8. The van der Waals surface area contributed by atoms with Gasteiger partial charge in [-0.25, -0.2) is 9.78 Å². The Bertz CT molecular complexity index is 733. The van der Waals surface area contributed by atoms with Gasteiger partial charge in [-0.1, -0.05) is 28.9 Å². The molecule has 3 rings (SSSR count). The lowest BCUT2D eigenvalue weighted by Gasteiger charge is -2.11. The molecule has 0 fully saturated rings. The zero-order valence-electron chi connectivity index (χ0n) is 10.7. The second kappa shape index (κ2) is 5.41. The first-order valence-corrected chi connectivity index (χ1v) is 6.47. The lowest BCUT2D eigenvalue weighted by atomic mass is 10.1. The van der Waals surface area contributed by atoms with Gasteiger partial charge in [0.05, 0.1) is 11.1 Å². The first-order chi connectivity index (χ1) is 10.1. The highest BCUT2D eigenvalue weighted by Gasteiger charge is 2.25. The van der Waals surface area contributed by atoms with Crippen molar-refractivity contribution in [1.82, 2.24) is 10.3 Å². The number of carboxylic acid groups (broad SMARTS) is 1. The number of nitrogens with one attached hydrogen (secondary N) is 1. The predicted molar refractivity (Wildman–Crippen MR) is 76.1 cm³/mol. The summed E-state index contributed by atoms with van der Waals surface area (Å²) in [6.07, 6.45) is 1.04. The topological polar surface area (TPSA) is 83.8 Å². The molecule has 1 aromatic heterocycles. The van der Waals surface area contributed by atoms with Crippen LogP contribution in [0.25, 0.3) is 0 Å². The highest BCUT2D eigenvalue weighted by molar-refractivity contribution is 6.30. The van der Waals surface area contributed by atoms with Gasteiger partial charge in [0.25, 0.3) is 0 Å². The van der Waals surface area contributed by atoms with E-state index in [1.165, 1.54) is 12.1 Å². The number of carbonyl (C=O) groups is 1. The van der Waals surface area contributed by atoms with Crippen LogP contribution in [-0.4, -0.2) is 21.9 Å². The Labute approximate surface area is 125 Å². The van der Waals surface area contributed by atoms with Crippen LogP contribution in [0, 0.1) is 0 Å². The maximum atomic E-state index is 11.0. The normalized spacial score (nSPS) is 16.8. The number of nitrogens with zero attached hydrogens (tertiary/aromatic N) is 2. The molecule has 0 saturated carbocycles. The van der Waals surface area contributed by atoms with Crippen LogP contribution in [0.3, 0.4) is 0 Å². The van der Waals surface area contributed by atoms with Crippen LogP contribution in [0.1, 0.15) is 27.7 Å². The average molecular weight is 304 g/mol. The quantitative estimate of drug-likeness (QED) is 0.851. The maximum Gasteiger partial charge on any atom is 0.335 e. The van der Waals surface area contributed by atoms with Crippen molar-refractivity contribution in [1.29, 1.82) is 0 Å². The zero-order valence-corrected chi connectivity index (χ0v) is 11.4. The van der Waals surface area contributed by atoms with Gasteiger partial charge in [-0.05, 0) is 24.3 Å². The minimum absolute atomic E-state index is 0.180. The highest BCUT2D eigenvalue weighted by atomic mass is 35.5. The third-order valence-electron chi connectivity index (χ3n) is 2.97. The number of hydrogen-bond donors (Lipinski definition) is 2. The number of pyridine rings is 1. The van der Waals surface area contributed by atoms with E-state index >= 15 is 0 Å². The molecule has 2 N–H and O–H groups in total. The van der Waals surface area contributed by atoms with Gasteiger partial charge < -0.3 is 15.3 Å². The van der Waals surface area contributed by atoms with Crippen LogP contribution < -0.4 is 5.32 Å². The molecule has 0 radical (unpaired) electrons. The Morgan fingerprint density at radius 1 is 1.33 bits per heavy atom. The molecule has 1 atom stereocenters. The number of aromatic nitrogens is 1. The molecule has 0 bridgehead atoms. The minimum atomic E-state index is -0.997. The standard InChI is InChI=1S/C14H10ClN3O3/c15-11-10(5-2-6-16-11)13-17-12(18-21-13)8-3-1-4-9(7-8)14(19)20/h1-7,13H,(H,17,18)(H,19,20). The van der Waals surface area contributed by atoms with Crippen LogP contribution in [0.4, 0.5) is 0 Å². The van der Waals surface area contributed by atoms with Gasteiger partial charge in [0.15, 0.2) is 5.84 Å². The Morgan fingerprint density at radius 3 is 2.95 bits per heavy atom. The lowest BCUT2D eigenvalue weighted by molar-refractivity contribution is 0.0696. The monoisotopic (exact) mass is 303 g/mol. The fourth-order valence-corrected chi connectivity index (χ4v) is 2.16. The van der Waals surface area contributed by atoms with Crippen LogP contribution in [0.5, 0.6) is 0 Å². The molecule has 21 heavy (non-hydrogen) atoms. The maximum absolute atomic E-state index is 11.0. The Kier molecular flexibility index (Phi) is 3.45. The predicted octanol–water partition coefficient (Wildman–Crippen LogP) is 2.41. The van der Waals surface area contributed by atoms with Gasteiger partial charge in [-0.3, -0.25) is 0 Å². The molecule has 2 heterocycles. The molecule has 2 aromatic rings. The van der Waals surface area contributed by atoms with E-state index < -0.39 is 12.2 Å². The van der Waals surface area contributed by atoms with Gasteiger partial charge in [0.1, 0.15) is 5.15 Å². The minimum Gasteiger partial charge on any atom is -0.478 e. The summed E-state index contributed by atoms with van der Waals surface area (Å²) in [5.74, 6) is -0.550. The Hall–Kier alpha value is -2.60. The summed E-state index contributed by atoms with van der Waals surface area (Å²) in [6, 6.07) is 9.94. The summed E-state index contributed by atoms with van der Waals surface area (Å²) in [5, 5.41) is 16.3. The second-order valence-corrected chi connectivity index (χ2v) is 4.70. The summed E-state index contributed by atoms with van der Waals surface area (Å²) < 4.78 is 0. The van der Waals surface area contributed by atoms with Gasteiger partial charge in [0, 0.05) is 11.8 Å². The number of hydrogen-bond acceptors (Lipinski definition) is 5. The van der Waals surface area contributed by atoms with Crippen LogP contribution in [0.2, 0.25) is 5.15 Å². The summed E-state index contributed by atoms with van der Waals surface area (Å²) in [5.41, 5.74) is 1.46. The lowest BCUT2D eigenvalue weighted by Crippen LogP contribution is -2.24. The Balaban J connectivity index is 1.83. The fraction of sp³-hybridized carbons (Fsp3) is 0.0714. The number of aromatic carboxylic acids is 1. The molecule has 0 spiro atoms. The first-order valence-electron chi connectivity index (χ1n) is 6.09. The third-order valence-corrected chi connectivity index (χ3v) is 3.29. The molecular weight excluding hydrogens is 294 g/mol. The number of rotatable bonds is 3. The number of carboxylic acids is 1. The second-order valence-electron chi connectivity index (χ2n) is 4.34. The van der Waals surface area contributed by atoms with Crippen molar-refractivity contribution in [3.8, 4) is 0 Å². The van der Waals surface area contributed by atoms with E-state index in [0.717, 1.165) is 0 Å². The summed E-state index contributed by atoms with van der Waals surface area (Å²) in [6.45, 7) is 0. The van der Waals surface area contributed by atoms with Crippen molar-refractivity contribution in [2.45, 2.75) is 6.23 Å². The molecular formula is C14H10ClN3O3. The van der Waals surface area contributed by atoms with Crippen LogP contribution in [-0.2, 0) is 4.84 Å². The van der Waals surface area contributed by atoms with E-state index in [0.29, 0.717) is 22.1 Å². The van der Waals surface area contributed by atoms with Gasteiger partial charge >= 0.3 is 5.97 Å². The van der Waals surface area contributed by atoms with E-state index in [9.17, 15) is 4.79 Å². The van der Waals surface area contributed by atoms with E-state index in [1.807, 2.05) is 0 Å². The van der Waals surface area contributed by atoms with Gasteiger partial charge in [-0.2, -0.15) is 0 Å². The smallest absolute Gasteiger partial charge is 0.335 e.